The lowest BCUT2D eigenvalue weighted by atomic mass is 9.87. The minimum Gasteiger partial charge on any atom is -0.480 e. The molecule has 0 spiro atoms. The van der Waals surface area contributed by atoms with Crippen LogP contribution in [0.1, 0.15) is 5.56 Å². The predicted molar refractivity (Wildman–Crippen MR) is 69.7 cm³/mol. The monoisotopic (exact) mass is 265 g/mol. The predicted octanol–water partition coefficient (Wildman–Crippen LogP) is -0.0327. The van der Waals surface area contributed by atoms with Gasteiger partial charge in [-0.25, -0.2) is 0 Å². The molecule has 1 aromatic rings. The summed E-state index contributed by atoms with van der Waals surface area (Å²) in [6, 6.07) is 9.71. The molecule has 1 saturated heterocycles. The highest BCUT2D eigenvalue weighted by atomic mass is 16.4. The fourth-order valence-corrected chi connectivity index (χ4v) is 2.62. The number of piperidine rings is 1. The summed E-state index contributed by atoms with van der Waals surface area (Å²) in [6.07, 6.45) is -1.05. The molecule has 19 heavy (non-hydrogen) atoms. The molecule has 0 unspecified atom stereocenters. The van der Waals surface area contributed by atoms with Gasteiger partial charge in [-0.2, -0.15) is 0 Å². The van der Waals surface area contributed by atoms with Crippen LogP contribution in [0.4, 0.5) is 0 Å². The van der Waals surface area contributed by atoms with Crippen LogP contribution < -0.4 is 0 Å². The van der Waals surface area contributed by atoms with Gasteiger partial charge in [-0.1, -0.05) is 30.3 Å². The van der Waals surface area contributed by atoms with Gasteiger partial charge in [0.1, 0.15) is 0 Å². The summed E-state index contributed by atoms with van der Waals surface area (Å²) in [6.45, 7) is 0.591. The van der Waals surface area contributed by atoms with Crippen molar-refractivity contribution in [3.8, 4) is 0 Å². The molecule has 5 nitrogen and oxygen atoms in total. The van der Waals surface area contributed by atoms with Crippen molar-refractivity contribution in [2.24, 2.45) is 5.92 Å². The van der Waals surface area contributed by atoms with Gasteiger partial charge in [0.15, 0.2) is 0 Å². The number of hydrogen-bond donors (Lipinski definition) is 3. The molecule has 2 rings (SSSR count). The van der Waals surface area contributed by atoms with Gasteiger partial charge in [-0.15, -0.1) is 0 Å². The third-order valence-electron chi connectivity index (χ3n) is 3.51. The minimum absolute atomic E-state index is 0.102. The molecule has 3 N–H and O–H groups in total. The number of aliphatic hydroxyl groups excluding tert-OH is 2. The van der Waals surface area contributed by atoms with Gasteiger partial charge in [0, 0.05) is 19.0 Å². The molecule has 1 heterocycles. The molecule has 0 radical (unpaired) electrons. The van der Waals surface area contributed by atoms with Crippen LogP contribution in [0, 0.1) is 5.92 Å². The summed E-state index contributed by atoms with van der Waals surface area (Å²) in [5.74, 6) is -1.06. The first-order chi connectivity index (χ1) is 9.06. The zero-order valence-corrected chi connectivity index (χ0v) is 10.6. The zero-order valence-electron chi connectivity index (χ0n) is 10.6. The molecule has 0 amide bonds. The maximum atomic E-state index is 10.7. The number of likely N-dealkylation sites (tertiary alicyclic amines) is 1. The van der Waals surface area contributed by atoms with Crippen LogP contribution in [0.5, 0.6) is 0 Å². The Morgan fingerprint density at radius 3 is 2.53 bits per heavy atom. The molecule has 1 aliphatic heterocycles. The lowest BCUT2D eigenvalue weighted by Crippen LogP contribution is -2.54. The number of nitrogens with zero attached hydrogens (tertiary/aromatic N) is 1. The molecule has 1 aromatic carbocycles. The number of carbonyl (C=O) groups is 1. The number of aliphatic hydroxyl groups is 2. The van der Waals surface area contributed by atoms with Gasteiger partial charge in [-0.3, -0.25) is 9.69 Å². The van der Waals surface area contributed by atoms with Crippen molar-refractivity contribution < 1.29 is 20.1 Å². The van der Waals surface area contributed by atoms with Crippen LogP contribution in [0.2, 0.25) is 0 Å². The maximum Gasteiger partial charge on any atom is 0.317 e. The van der Waals surface area contributed by atoms with Gasteiger partial charge in [0.05, 0.1) is 18.8 Å². The van der Waals surface area contributed by atoms with Crippen molar-refractivity contribution in [1.29, 1.82) is 0 Å². The second-order valence-electron chi connectivity index (χ2n) is 5.10. The molecule has 0 aliphatic carbocycles. The van der Waals surface area contributed by atoms with Crippen LogP contribution in [0.25, 0.3) is 0 Å². The summed E-state index contributed by atoms with van der Waals surface area (Å²) in [4.78, 5) is 12.4. The average Bonchev–Trinajstić information content (AvgIpc) is 2.36. The number of benzene rings is 1. The summed E-state index contributed by atoms with van der Waals surface area (Å²) in [7, 11) is 0. The van der Waals surface area contributed by atoms with Gasteiger partial charge >= 0.3 is 5.97 Å². The molecule has 0 saturated carbocycles. The van der Waals surface area contributed by atoms with Crippen molar-refractivity contribution >= 4 is 5.97 Å². The van der Waals surface area contributed by atoms with E-state index in [0.717, 1.165) is 5.56 Å². The Labute approximate surface area is 112 Å². The van der Waals surface area contributed by atoms with Crippen LogP contribution in [-0.2, 0) is 11.2 Å². The van der Waals surface area contributed by atoms with Gasteiger partial charge in [-0.05, 0) is 12.0 Å². The number of carboxylic acid groups (broad SMARTS) is 1. The second-order valence-corrected chi connectivity index (χ2v) is 5.10. The van der Waals surface area contributed by atoms with E-state index in [9.17, 15) is 15.0 Å². The van der Waals surface area contributed by atoms with Crippen molar-refractivity contribution in [3.05, 3.63) is 35.9 Å². The molecule has 1 aliphatic rings. The SMILES string of the molecule is O=C(O)CN1C[C@@H](Cc2ccccc2)[C@H](O)[C@@H](O)C1. The second kappa shape index (κ2) is 6.14. The number of rotatable bonds is 4. The summed E-state index contributed by atoms with van der Waals surface area (Å²) in [5.41, 5.74) is 1.08. The quantitative estimate of drug-likeness (QED) is 0.712. The number of aliphatic carboxylic acids is 1. The summed E-state index contributed by atoms with van der Waals surface area (Å²) in [5, 5.41) is 28.7. The first-order valence-electron chi connectivity index (χ1n) is 6.40. The fourth-order valence-electron chi connectivity index (χ4n) is 2.62. The van der Waals surface area contributed by atoms with E-state index < -0.39 is 18.2 Å². The Bertz CT molecular complexity index is 423. The minimum atomic E-state index is -0.915. The lowest BCUT2D eigenvalue weighted by Gasteiger charge is -2.38. The highest BCUT2D eigenvalue weighted by Gasteiger charge is 2.35. The van der Waals surface area contributed by atoms with Crippen LogP contribution >= 0.6 is 0 Å². The highest BCUT2D eigenvalue weighted by Crippen LogP contribution is 2.21. The van der Waals surface area contributed by atoms with Crippen LogP contribution in [0.15, 0.2) is 30.3 Å². The molecular weight excluding hydrogens is 246 g/mol. The number of carboxylic acids is 1. The highest BCUT2D eigenvalue weighted by molar-refractivity contribution is 5.69. The Morgan fingerprint density at radius 2 is 1.89 bits per heavy atom. The molecule has 3 atom stereocenters. The van der Waals surface area contributed by atoms with Gasteiger partial charge in [0.25, 0.3) is 0 Å². The molecular formula is C14H19NO4. The normalized spacial score (nSPS) is 28.2. The first-order valence-corrected chi connectivity index (χ1v) is 6.40. The van der Waals surface area contributed by atoms with Gasteiger partial charge in [0.2, 0.25) is 0 Å². The van der Waals surface area contributed by atoms with Crippen molar-refractivity contribution in [3.63, 3.8) is 0 Å². The van der Waals surface area contributed by atoms with Crippen molar-refractivity contribution in [1.82, 2.24) is 4.90 Å². The maximum absolute atomic E-state index is 10.7. The zero-order chi connectivity index (χ0) is 13.8. The van der Waals surface area contributed by atoms with Crippen LogP contribution in [-0.4, -0.2) is 58.0 Å². The average molecular weight is 265 g/mol. The van der Waals surface area contributed by atoms with E-state index in [1.54, 1.807) is 4.90 Å². The summed E-state index contributed by atoms with van der Waals surface area (Å²) >= 11 is 0. The standard InChI is InChI=1S/C14H19NO4/c16-12-8-15(9-13(17)18)7-11(14(12)19)6-10-4-2-1-3-5-10/h1-5,11-12,14,16,19H,6-9H2,(H,17,18)/t11-,12+,14+/m1/s1. The van der Waals surface area contributed by atoms with E-state index >= 15 is 0 Å². The third kappa shape index (κ3) is 3.76. The fraction of sp³-hybridized carbons (Fsp3) is 0.500. The Hall–Kier alpha value is -1.43. The largest absolute Gasteiger partial charge is 0.480 e. The lowest BCUT2D eigenvalue weighted by molar-refractivity contribution is -0.141. The third-order valence-corrected chi connectivity index (χ3v) is 3.51. The first kappa shape index (κ1) is 14.0. The van der Waals surface area contributed by atoms with E-state index in [2.05, 4.69) is 0 Å². The smallest absolute Gasteiger partial charge is 0.317 e. The molecule has 5 heteroatoms. The van der Waals surface area contributed by atoms with Crippen molar-refractivity contribution in [2.45, 2.75) is 18.6 Å². The topological polar surface area (TPSA) is 81.0 Å². The summed E-state index contributed by atoms with van der Waals surface area (Å²) < 4.78 is 0. The number of hydrogen-bond acceptors (Lipinski definition) is 4. The molecule has 0 bridgehead atoms. The molecule has 104 valence electrons. The molecule has 0 aromatic heterocycles. The Balaban J connectivity index is 2.02. The van der Waals surface area contributed by atoms with E-state index in [-0.39, 0.29) is 19.0 Å². The van der Waals surface area contributed by atoms with Gasteiger partial charge < -0.3 is 15.3 Å². The van der Waals surface area contributed by atoms with Crippen LogP contribution in [0.3, 0.4) is 0 Å². The van der Waals surface area contributed by atoms with E-state index in [1.807, 2.05) is 30.3 Å². The van der Waals surface area contributed by atoms with E-state index in [0.29, 0.717) is 13.0 Å². The van der Waals surface area contributed by atoms with E-state index in [4.69, 9.17) is 5.11 Å². The Morgan fingerprint density at radius 1 is 1.21 bits per heavy atom. The van der Waals surface area contributed by atoms with E-state index in [1.165, 1.54) is 0 Å². The molecule has 1 fully saturated rings. The van der Waals surface area contributed by atoms with Crippen molar-refractivity contribution in [2.75, 3.05) is 19.6 Å². The Kier molecular flexibility index (Phi) is 4.52. The number of β-amino-alcohol motifs (C(OH)–C–C–N with tert-alkyl or cyclic N) is 1.